The number of imidazole rings is 1. The highest BCUT2D eigenvalue weighted by molar-refractivity contribution is 5.86. The molecule has 2 atom stereocenters. The van der Waals surface area contributed by atoms with Gasteiger partial charge in [-0.05, 0) is 63.4 Å². The van der Waals surface area contributed by atoms with Crippen molar-refractivity contribution < 1.29 is 9.63 Å². The lowest BCUT2D eigenvalue weighted by Crippen LogP contribution is -2.32. The highest BCUT2D eigenvalue weighted by Gasteiger charge is 2.36. The highest BCUT2D eigenvalue weighted by atomic mass is 16.5. The average Bonchev–Trinajstić information content (AvgIpc) is 3.49. The summed E-state index contributed by atoms with van der Waals surface area (Å²) in [5.74, 6) is 2.44. The molecule has 0 saturated heterocycles. The van der Waals surface area contributed by atoms with E-state index in [0.717, 1.165) is 24.3 Å². The van der Waals surface area contributed by atoms with Gasteiger partial charge in [-0.3, -0.25) is 4.98 Å². The summed E-state index contributed by atoms with van der Waals surface area (Å²) < 4.78 is 6.91. The van der Waals surface area contributed by atoms with E-state index in [2.05, 4.69) is 38.9 Å². The van der Waals surface area contributed by atoms with Crippen LogP contribution in [0.4, 0.5) is 5.82 Å². The van der Waals surface area contributed by atoms with Crippen LogP contribution in [0.15, 0.2) is 33.8 Å². The molecule has 4 heterocycles. The minimum Gasteiger partial charge on any atom is -0.377 e. The number of aromatic nitrogens is 7. The maximum Gasteiger partial charge on any atom is 0.460 e. The number of hydrogen-bond donors (Lipinski definition) is 3. The molecule has 4 aromatic rings. The van der Waals surface area contributed by atoms with Gasteiger partial charge in [0.1, 0.15) is 16.9 Å². The molecule has 11 heteroatoms. The van der Waals surface area contributed by atoms with Crippen LogP contribution in [-0.4, -0.2) is 45.8 Å². The Labute approximate surface area is 226 Å². The van der Waals surface area contributed by atoms with Crippen LogP contribution in [0.5, 0.6) is 0 Å². The molecular weight excluding hydrogens is 496 g/mol. The second-order valence-electron chi connectivity index (χ2n) is 11.6. The zero-order chi connectivity index (χ0) is 27.1. The van der Waals surface area contributed by atoms with Crippen molar-refractivity contribution in [2.45, 2.75) is 83.9 Å². The number of rotatable bonds is 8. The Balaban J connectivity index is 1.53. The van der Waals surface area contributed by atoms with Gasteiger partial charge in [-0.25, -0.2) is 19.7 Å². The fraction of sp³-hybridized carbons (Fsp3) is 0.571. The van der Waals surface area contributed by atoms with E-state index in [1.807, 2.05) is 12.1 Å². The molecule has 1 unspecified atom stereocenters. The first-order valence-corrected chi connectivity index (χ1v) is 14.0. The van der Waals surface area contributed by atoms with Crippen molar-refractivity contribution >= 4 is 17.0 Å². The lowest BCUT2D eigenvalue weighted by molar-refractivity contribution is 0.0862. The smallest absolute Gasteiger partial charge is 0.377 e. The number of anilines is 1. The molecule has 2 aliphatic rings. The quantitative estimate of drug-likeness (QED) is 0.303. The molecule has 4 aromatic heterocycles. The standard InChI is InChI=1S/C28H36N8O3/c1-16-9-11-18(12-10-16)15-36-21-22(30-17(2)19-6-4-7-19)31-24(25-34-27(37)39-35-25)32-23(21)33-26(36)28(3,38)20-8-5-13-29-14-20/h5,8,13-14,16-19,38H,4,6-7,9-12,15H2,1-3H3,(H,30,31,32)(H,34,35,37)/t16?,17-,18?,28?/m1/s1. The summed E-state index contributed by atoms with van der Waals surface area (Å²) in [6.07, 6.45) is 11.6. The lowest BCUT2D eigenvalue weighted by atomic mass is 9.80. The number of H-pyrrole nitrogens is 1. The highest BCUT2D eigenvalue weighted by Crippen LogP contribution is 2.38. The molecule has 3 N–H and O–H groups in total. The van der Waals surface area contributed by atoms with Gasteiger partial charge in [0.15, 0.2) is 11.5 Å². The summed E-state index contributed by atoms with van der Waals surface area (Å²) in [5.41, 5.74) is 0.394. The number of pyridine rings is 1. The van der Waals surface area contributed by atoms with E-state index in [0.29, 0.717) is 41.2 Å². The summed E-state index contributed by atoms with van der Waals surface area (Å²) in [4.78, 5) is 34.2. The Bertz CT molecular complexity index is 1500. The Kier molecular flexibility index (Phi) is 6.70. The first kappa shape index (κ1) is 25.7. The topological polar surface area (TPSA) is 148 Å². The molecule has 0 spiro atoms. The largest absolute Gasteiger partial charge is 0.460 e. The normalized spacial score (nSPS) is 22.4. The lowest BCUT2D eigenvalue weighted by Gasteiger charge is -2.33. The second kappa shape index (κ2) is 10.2. The van der Waals surface area contributed by atoms with Crippen molar-refractivity contribution in [3.63, 3.8) is 0 Å². The predicted octanol–water partition coefficient (Wildman–Crippen LogP) is 4.25. The van der Waals surface area contributed by atoms with Crippen LogP contribution in [0.3, 0.4) is 0 Å². The molecule has 0 bridgehead atoms. The zero-order valence-electron chi connectivity index (χ0n) is 22.7. The van der Waals surface area contributed by atoms with Crippen molar-refractivity contribution in [1.29, 1.82) is 0 Å². The van der Waals surface area contributed by atoms with Crippen LogP contribution in [-0.2, 0) is 12.1 Å². The van der Waals surface area contributed by atoms with Crippen molar-refractivity contribution in [3.05, 3.63) is 46.5 Å². The minimum absolute atomic E-state index is 0.137. The molecule has 206 valence electrons. The van der Waals surface area contributed by atoms with E-state index in [4.69, 9.17) is 19.5 Å². The van der Waals surface area contributed by atoms with Gasteiger partial charge in [0.2, 0.25) is 11.6 Å². The summed E-state index contributed by atoms with van der Waals surface area (Å²) >= 11 is 0. The van der Waals surface area contributed by atoms with Gasteiger partial charge in [-0.1, -0.05) is 32.3 Å². The molecule has 0 aromatic carbocycles. The Morgan fingerprint density at radius 2 is 1.97 bits per heavy atom. The van der Waals surface area contributed by atoms with Crippen LogP contribution < -0.4 is 11.1 Å². The molecule has 2 saturated carbocycles. The van der Waals surface area contributed by atoms with Gasteiger partial charge in [0, 0.05) is 30.5 Å². The average molecular weight is 533 g/mol. The molecule has 39 heavy (non-hydrogen) atoms. The molecule has 0 amide bonds. The molecule has 11 nitrogen and oxygen atoms in total. The van der Waals surface area contributed by atoms with Crippen LogP contribution in [0.2, 0.25) is 0 Å². The van der Waals surface area contributed by atoms with E-state index in [1.54, 1.807) is 19.3 Å². The predicted molar refractivity (Wildman–Crippen MR) is 146 cm³/mol. The van der Waals surface area contributed by atoms with E-state index in [1.165, 1.54) is 32.1 Å². The van der Waals surface area contributed by atoms with Crippen LogP contribution in [0, 0.1) is 17.8 Å². The van der Waals surface area contributed by atoms with Gasteiger partial charge in [-0.15, -0.1) is 4.98 Å². The first-order valence-electron chi connectivity index (χ1n) is 14.0. The SMILES string of the molecule is CC1CCC(Cn2c(C(C)(O)c3cccnc3)nc3nc(-c4nc(=O)o[nH]4)nc(N[C@H](C)C4CCC4)c32)CC1. The molecule has 0 aliphatic heterocycles. The van der Waals surface area contributed by atoms with Gasteiger partial charge in [0.25, 0.3) is 0 Å². The number of aliphatic hydroxyl groups is 1. The molecule has 2 fully saturated rings. The first-order chi connectivity index (χ1) is 18.8. The Hall–Kier alpha value is -3.60. The van der Waals surface area contributed by atoms with Crippen molar-refractivity contribution in [2.24, 2.45) is 17.8 Å². The summed E-state index contributed by atoms with van der Waals surface area (Å²) in [5, 5.41) is 18.1. The zero-order valence-corrected chi connectivity index (χ0v) is 22.7. The summed E-state index contributed by atoms with van der Waals surface area (Å²) in [7, 11) is 0. The van der Waals surface area contributed by atoms with Crippen molar-refractivity contribution in [3.8, 4) is 11.6 Å². The van der Waals surface area contributed by atoms with Crippen molar-refractivity contribution in [2.75, 3.05) is 5.32 Å². The second-order valence-corrected chi connectivity index (χ2v) is 11.6. The number of hydrogen-bond acceptors (Lipinski definition) is 9. The fourth-order valence-corrected chi connectivity index (χ4v) is 5.94. The van der Waals surface area contributed by atoms with Gasteiger partial charge in [-0.2, -0.15) is 5.16 Å². The maximum absolute atomic E-state index is 11.9. The third-order valence-corrected chi connectivity index (χ3v) is 8.71. The Morgan fingerprint density at radius 1 is 1.18 bits per heavy atom. The summed E-state index contributed by atoms with van der Waals surface area (Å²) in [6, 6.07) is 3.85. The van der Waals surface area contributed by atoms with E-state index < -0.39 is 11.4 Å². The van der Waals surface area contributed by atoms with Crippen LogP contribution in [0.25, 0.3) is 22.8 Å². The van der Waals surface area contributed by atoms with E-state index in [-0.39, 0.29) is 17.7 Å². The number of nitrogens with zero attached hydrogens (tertiary/aromatic N) is 6. The van der Waals surface area contributed by atoms with Crippen LogP contribution >= 0.6 is 0 Å². The molecular formula is C28H36N8O3. The van der Waals surface area contributed by atoms with Crippen LogP contribution in [0.1, 0.15) is 77.1 Å². The molecule has 0 radical (unpaired) electrons. The molecule has 6 rings (SSSR count). The molecule has 2 aliphatic carbocycles. The number of aromatic amines is 1. The third kappa shape index (κ3) is 4.95. The van der Waals surface area contributed by atoms with E-state index in [9.17, 15) is 9.90 Å². The number of fused-ring (bicyclic) bond motifs is 1. The third-order valence-electron chi connectivity index (χ3n) is 8.71. The number of nitrogens with one attached hydrogen (secondary N) is 2. The monoisotopic (exact) mass is 532 g/mol. The fourth-order valence-electron chi connectivity index (χ4n) is 5.94. The van der Waals surface area contributed by atoms with E-state index >= 15 is 0 Å². The maximum atomic E-state index is 11.9. The van der Waals surface area contributed by atoms with Gasteiger partial charge >= 0.3 is 5.76 Å². The Morgan fingerprint density at radius 3 is 2.62 bits per heavy atom. The van der Waals surface area contributed by atoms with Gasteiger partial charge in [0.05, 0.1) is 0 Å². The minimum atomic E-state index is -1.42. The summed E-state index contributed by atoms with van der Waals surface area (Å²) in [6.45, 7) is 6.93. The van der Waals surface area contributed by atoms with Gasteiger partial charge < -0.3 is 19.5 Å². The van der Waals surface area contributed by atoms with Crippen molar-refractivity contribution in [1.82, 2.24) is 34.6 Å².